The van der Waals surface area contributed by atoms with Crippen LogP contribution in [0.15, 0.2) is 12.2 Å². The second kappa shape index (κ2) is 4.26. The first kappa shape index (κ1) is 9.26. The smallest absolute Gasteiger partial charge is 0.226 e. The van der Waals surface area contributed by atoms with Crippen LogP contribution in [0.5, 0.6) is 0 Å². The van der Waals surface area contributed by atoms with Gasteiger partial charge in [-0.05, 0) is 12.8 Å². The van der Waals surface area contributed by atoms with Crippen molar-refractivity contribution in [2.24, 2.45) is 11.7 Å². The van der Waals surface area contributed by atoms with Gasteiger partial charge < -0.3 is 11.1 Å². The number of hydrogen-bond donors (Lipinski definition) is 2. The van der Waals surface area contributed by atoms with Crippen LogP contribution < -0.4 is 11.1 Å². The van der Waals surface area contributed by atoms with E-state index in [0.717, 1.165) is 19.4 Å². The Bertz CT molecular complexity index is 189. The quantitative estimate of drug-likeness (QED) is 0.600. The molecule has 1 aliphatic rings. The normalized spacial score (nSPS) is 27.5. The van der Waals surface area contributed by atoms with Crippen molar-refractivity contribution < 1.29 is 4.79 Å². The SMILES string of the molecule is CCCNC(=O)C1C=CC(N)C1. The molecule has 68 valence electrons. The summed E-state index contributed by atoms with van der Waals surface area (Å²) in [6.07, 6.45) is 5.54. The van der Waals surface area contributed by atoms with Crippen molar-refractivity contribution in [3.8, 4) is 0 Å². The average Bonchev–Trinajstić information content (AvgIpc) is 2.47. The molecule has 3 heteroatoms. The minimum Gasteiger partial charge on any atom is -0.356 e. The number of carbonyl (C=O) groups excluding carboxylic acids is 1. The largest absolute Gasteiger partial charge is 0.356 e. The Morgan fingerprint density at radius 1 is 1.67 bits per heavy atom. The van der Waals surface area contributed by atoms with Crippen molar-refractivity contribution in [2.45, 2.75) is 25.8 Å². The van der Waals surface area contributed by atoms with Crippen LogP contribution in [0.1, 0.15) is 19.8 Å². The standard InChI is InChI=1S/C9H16N2O/c1-2-5-11-9(12)7-3-4-8(10)6-7/h3-4,7-8H,2,5-6,10H2,1H3,(H,11,12). The molecule has 0 saturated heterocycles. The van der Waals surface area contributed by atoms with E-state index in [2.05, 4.69) is 5.32 Å². The minimum atomic E-state index is 0.00606. The molecule has 0 aromatic heterocycles. The van der Waals surface area contributed by atoms with Crippen molar-refractivity contribution in [2.75, 3.05) is 6.54 Å². The summed E-state index contributed by atoms with van der Waals surface area (Å²) in [5.41, 5.74) is 5.62. The molecule has 0 saturated carbocycles. The van der Waals surface area contributed by atoms with Gasteiger partial charge in [0.2, 0.25) is 5.91 Å². The molecule has 0 heterocycles. The zero-order chi connectivity index (χ0) is 8.97. The van der Waals surface area contributed by atoms with Gasteiger partial charge in [0.1, 0.15) is 0 Å². The van der Waals surface area contributed by atoms with Crippen LogP contribution in [0.2, 0.25) is 0 Å². The molecule has 3 N–H and O–H groups in total. The molecule has 1 aliphatic carbocycles. The van der Waals surface area contributed by atoms with Gasteiger partial charge in [-0.2, -0.15) is 0 Å². The lowest BCUT2D eigenvalue weighted by atomic mass is 10.1. The van der Waals surface area contributed by atoms with E-state index in [0.29, 0.717) is 0 Å². The van der Waals surface area contributed by atoms with E-state index in [1.165, 1.54) is 0 Å². The molecule has 12 heavy (non-hydrogen) atoms. The summed E-state index contributed by atoms with van der Waals surface area (Å²) in [5.74, 6) is 0.118. The maximum atomic E-state index is 11.3. The summed E-state index contributed by atoms with van der Waals surface area (Å²) in [6, 6.07) is 0.0716. The van der Waals surface area contributed by atoms with Gasteiger partial charge in [-0.15, -0.1) is 0 Å². The molecule has 1 rings (SSSR count). The Kier molecular flexibility index (Phi) is 3.29. The molecular weight excluding hydrogens is 152 g/mol. The summed E-state index contributed by atoms with van der Waals surface area (Å²) >= 11 is 0. The monoisotopic (exact) mass is 168 g/mol. The van der Waals surface area contributed by atoms with E-state index < -0.39 is 0 Å². The van der Waals surface area contributed by atoms with Crippen molar-refractivity contribution in [3.05, 3.63) is 12.2 Å². The molecule has 0 aromatic rings. The molecule has 0 aliphatic heterocycles. The van der Waals surface area contributed by atoms with Gasteiger partial charge in [0, 0.05) is 12.6 Å². The fourth-order valence-electron chi connectivity index (χ4n) is 1.30. The summed E-state index contributed by atoms with van der Waals surface area (Å²) in [6.45, 7) is 2.80. The lowest BCUT2D eigenvalue weighted by molar-refractivity contribution is -0.123. The predicted octanol–water partition coefficient (Wildman–Crippen LogP) is 0.416. The van der Waals surface area contributed by atoms with Gasteiger partial charge in [0.25, 0.3) is 0 Å². The summed E-state index contributed by atoms with van der Waals surface area (Å²) in [4.78, 5) is 11.3. The minimum absolute atomic E-state index is 0.00606. The Balaban J connectivity index is 2.29. The number of nitrogens with two attached hydrogens (primary N) is 1. The van der Waals surface area contributed by atoms with Crippen LogP contribution in [0.3, 0.4) is 0 Å². The molecule has 0 radical (unpaired) electrons. The molecule has 2 unspecified atom stereocenters. The first-order chi connectivity index (χ1) is 5.74. The van der Waals surface area contributed by atoms with Crippen molar-refractivity contribution in [1.29, 1.82) is 0 Å². The van der Waals surface area contributed by atoms with Crippen LogP contribution in [0, 0.1) is 5.92 Å². The van der Waals surface area contributed by atoms with E-state index in [9.17, 15) is 4.79 Å². The van der Waals surface area contributed by atoms with Crippen molar-refractivity contribution in [1.82, 2.24) is 5.32 Å². The Labute approximate surface area is 73.0 Å². The van der Waals surface area contributed by atoms with Gasteiger partial charge >= 0.3 is 0 Å². The zero-order valence-corrected chi connectivity index (χ0v) is 7.42. The summed E-state index contributed by atoms with van der Waals surface area (Å²) in [5, 5.41) is 2.85. The molecule has 0 fully saturated rings. The van der Waals surface area contributed by atoms with E-state index in [-0.39, 0.29) is 17.9 Å². The highest BCUT2D eigenvalue weighted by Gasteiger charge is 2.21. The van der Waals surface area contributed by atoms with Gasteiger partial charge in [0.05, 0.1) is 5.92 Å². The first-order valence-corrected chi connectivity index (χ1v) is 4.45. The first-order valence-electron chi connectivity index (χ1n) is 4.45. The molecular formula is C9H16N2O. The van der Waals surface area contributed by atoms with Crippen LogP contribution in [-0.2, 0) is 4.79 Å². The fraction of sp³-hybridized carbons (Fsp3) is 0.667. The third kappa shape index (κ3) is 2.34. The average molecular weight is 168 g/mol. The predicted molar refractivity (Wildman–Crippen MR) is 48.5 cm³/mol. The highest BCUT2D eigenvalue weighted by atomic mass is 16.1. The van der Waals surface area contributed by atoms with Gasteiger partial charge in [-0.1, -0.05) is 19.1 Å². The Morgan fingerprint density at radius 3 is 2.92 bits per heavy atom. The topological polar surface area (TPSA) is 55.1 Å². The van der Waals surface area contributed by atoms with Crippen LogP contribution >= 0.6 is 0 Å². The van der Waals surface area contributed by atoms with E-state index >= 15 is 0 Å². The maximum Gasteiger partial charge on any atom is 0.226 e. The summed E-state index contributed by atoms with van der Waals surface area (Å²) in [7, 11) is 0. The van der Waals surface area contributed by atoms with E-state index in [1.54, 1.807) is 0 Å². The third-order valence-electron chi connectivity index (χ3n) is 2.00. The lowest BCUT2D eigenvalue weighted by Crippen LogP contribution is -2.31. The number of nitrogens with one attached hydrogen (secondary N) is 1. The van der Waals surface area contributed by atoms with E-state index in [4.69, 9.17) is 5.73 Å². The molecule has 0 aromatic carbocycles. The Morgan fingerprint density at radius 2 is 2.42 bits per heavy atom. The second-order valence-electron chi connectivity index (χ2n) is 3.18. The van der Waals surface area contributed by atoms with Crippen molar-refractivity contribution in [3.63, 3.8) is 0 Å². The molecule has 1 amide bonds. The maximum absolute atomic E-state index is 11.3. The van der Waals surface area contributed by atoms with Gasteiger partial charge in [0.15, 0.2) is 0 Å². The number of amides is 1. The molecule has 0 spiro atoms. The molecule has 3 nitrogen and oxygen atoms in total. The molecule has 2 atom stereocenters. The van der Waals surface area contributed by atoms with Crippen LogP contribution in [0.4, 0.5) is 0 Å². The number of hydrogen-bond acceptors (Lipinski definition) is 2. The summed E-state index contributed by atoms with van der Waals surface area (Å²) < 4.78 is 0. The number of carbonyl (C=O) groups is 1. The third-order valence-corrected chi connectivity index (χ3v) is 2.00. The Hall–Kier alpha value is -0.830. The highest BCUT2D eigenvalue weighted by molar-refractivity contribution is 5.80. The van der Waals surface area contributed by atoms with Gasteiger partial charge in [-0.3, -0.25) is 4.79 Å². The second-order valence-corrected chi connectivity index (χ2v) is 3.18. The fourth-order valence-corrected chi connectivity index (χ4v) is 1.30. The zero-order valence-electron chi connectivity index (χ0n) is 7.42. The van der Waals surface area contributed by atoms with E-state index in [1.807, 2.05) is 19.1 Å². The van der Waals surface area contributed by atoms with Crippen LogP contribution in [-0.4, -0.2) is 18.5 Å². The highest BCUT2D eigenvalue weighted by Crippen LogP contribution is 2.15. The van der Waals surface area contributed by atoms with Gasteiger partial charge in [-0.25, -0.2) is 0 Å². The number of rotatable bonds is 3. The lowest BCUT2D eigenvalue weighted by Gasteiger charge is -2.08. The molecule has 0 bridgehead atoms. The van der Waals surface area contributed by atoms with Crippen LogP contribution in [0.25, 0.3) is 0 Å². The van der Waals surface area contributed by atoms with Crippen molar-refractivity contribution >= 4 is 5.91 Å².